The molecule has 0 amide bonds. The van der Waals surface area contributed by atoms with E-state index in [2.05, 4.69) is 4.98 Å². The van der Waals surface area contributed by atoms with E-state index in [9.17, 15) is 0 Å². The summed E-state index contributed by atoms with van der Waals surface area (Å²) in [5.74, 6) is 0.481. The van der Waals surface area contributed by atoms with Crippen LogP contribution < -0.4 is 16.2 Å². The number of nitrogens with zero attached hydrogens (tertiary/aromatic N) is 1. The highest BCUT2D eigenvalue weighted by Gasteiger charge is 2.17. The molecule has 1 heterocycles. The van der Waals surface area contributed by atoms with Crippen molar-refractivity contribution in [2.75, 3.05) is 18.9 Å². The van der Waals surface area contributed by atoms with Crippen LogP contribution in [0.4, 0.5) is 5.69 Å². The SMILES string of the molecule is CC(C)(CN)COc1ncccc1N. The first-order chi connectivity index (χ1) is 6.55. The highest BCUT2D eigenvalue weighted by molar-refractivity contribution is 5.46. The summed E-state index contributed by atoms with van der Waals surface area (Å²) in [7, 11) is 0. The molecule has 1 rings (SSSR count). The van der Waals surface area contributed by atoms with E-state index >= 15 is 0 Å². The quantitative estimate of drug-likeness (QED) is 0.752. The predicted octanol–water partition coefficient (Wildman–Crippen LogP) is 1.03. The zero-order valence-electron chi connectivity index (χ0n) is 8.66. The number of aromatic nitrogens is 1. The number of anilines is 1. The van der Waals surface area contributed by atoms with Gasteiger partial charge in [0.25, 0.3) is 0 Å². The van der Waals surface area contributed by atoms with Crippen LogP contribution in [0.3, 0.4) is 0 Å². The molecule has 0 aliphatic rings. The highest BCUT2D eigenvalue weighted by atomic mass is 16.5. The first kappa shape index (κ1) is 10.8. The molecular formula is C10H17N3O. The fourth-order valence-corrected chi connectivity index (χ4v) is 0.847. The summed E-state index contributed by atoms with van der Waals surface area (Å²) >= 11 is 0. The standard InChI is InChI=1S/C10H17N3O/c1-10(2,6-11)7-14-9-8(12)4-3-5-13-9/h3-5H,6-7,11-12H2,1-2H3. The van der Waals surface area contributed by atoms with Crippen molar-refractivity contribution in [3.8, 4) is 5.88 Å². The third-order valence-electron chi connectivity index (χ3n) is 1.95. The van der Waals surface area contributed by atoms with Gasteiger partial charge in [-0.15, -0.1) is 0 Å². The van der Waals surface area contributed by atoms with Crippen LogP contribution in [0.5, 0.6) is 5.88 Å². The fraction of sp³-hybridized carbons (Fsp3) is 0.500. The largest absolute Gasteiger partial charge is 0.476 e. The van der Waals surface area contributed by atoms with Gasteiger partial charge in [0, 0.05) is 18.2 Å². The molecule has 4 N–H and O–H groups in total. The molecule has 0 aromatic carbocycles. The van der Waals surface area contributed by atoms with E-state index in [-0.39, 0.29) is 5.41 Å². The maximum Gasteiger partial charge on any atom is 0.237 e. The molecule has 0 bridgehead atoms. The van der Waals surface area contributed by atoms with E-state index in [1.165, 1.54) is 0 Å². The van der Waals surface area contributed by atoms with Crippen LogP contribution in [0.2, 0.25) is 0 Å². The molecular weight excluding hydrogens is 178 g/mol. The van der Waals surface area contributed by atoms with Crippen LogP contribution in [0.1, 0.15) is 13.8 Å². The number of hydrogen-bond acceptors (Lipinski definition) is 4. The van der Waals surface area contributed by atoms with Crippen molar-refractivity contribution in [3.05, 3.63) is 18.3 Å². The van der Waals surface area contributed by atoms with Gasteiger partial charge in [0.2, 0.25) is 5.88 Å². The van der Waals surface area contributed by atoms with Crippen molar-refractivity contribution in [3.63, 3.8) is 0 Å². The Hall–Kier alpha value is -1.29. The lowest BCUT2D eigenvalue weighted by atomic mass is 9.95. The molecule has 0 spiro atoms. The molecule has 4 nitrogen and oxygen atoms in total. The first-order valence-electron chi connectivity index (χ1n) is 4.58. The van der Waals surface area contributed by atoms with Crippen molar-refractivity contribution in [1.29, 1.82) is 0 Å². The van der Waals surface area contributed by atoms with Gasteiger partial charge < -0.3 is 16.2 Å². The number of pyridine rings is 1. The van der Waals surface area contributed by atoms with Gasteiger partial charge in [-0.1, -0.05) is 13.8 Å². The summed E-state index contributed by atoms with van der Waals surface area (Å²) < 4.78 is 5.48. The van der Waals surface area contributed by atoms with Crippen LogP contribution in [0.25, 0.3) is 0 Å². The molecule has 4 heteroatoms. The number of hydrogen-bond donors (Lipinski definition) is 2. The summed E-state index contributed by atoms with van der Waals surface area (Å²) in [6.07, 6.45) is 1.65. The molecule has 1 aromatic rings. The van der Waals surface area contributed by atoms with E-state index in [1.807, 2.05) is 13.8 Å². The topological polar surface area (TPSA) is 74.2 Å². The molecule has 78 valence electrons. The van der Waals surface area contributed by atoms with E-state index in [0.717, 1.165) is 0 Å². The maximum atomic E-state index is 5.67. The lowest BCUT2D eigenvalue weighted by Gasteiger charge is -2.22. The number of rotatable bonds is 4. The normalized spacial score (nSPS) is 11.4. The second-order valence-corrected chi connectivity index (χ2v) is 4.05. The van der Waals surface area contributed by atoms with Gasteiger partial charge in [0.05, 0.1) is 12.3 Å². The van der Waals surface area contributed by atoms with Gasteiger partial charge in [-0.25, -0.2) is 4.98 Å². The van der Waals surface area contributed by atoms with E-state index in [0.29, 0.717) is 24.7 Å². The summed E-state index contributed by atoms with van der Waals surface area (Å²) in [6, 6.07) is 3.54. The number of ether oxygens (including phenoxy) is 1. The van der Waals surface area contributed by atoms with E-state index < -0.39 is 0 Å². The van der Waals surface area contributed by atoms with Crippen molar-refractivity contribution >= 4 is 5.69 Å². The Bertz CT molecular complexity index is 299. The molecule has 14 heavy (non-hydrogen) atoms. The first-order valence-corrected chi connectivity index (χ1v) is 4.58. The Morgan fingerprint density at radius 3 is 2.79 bits per heavy atom. The summed E-state index contributed by atoms with van der Waals surface area (Å²) in [6.45, 7) is 5.16. The molecule has 0 unspecified atom stereocenters. The Morgan fingerprint density at radius 1 is 1.50 bits per heavy atom. The number of nitrogen functional groups attached to an aromatic ring is 1. The summed E-state index contributed by atoms with van der Waals surface area (Å²) in [5, 5.41) is 0. The predicted molar refractivity (Wildman–Crippen MR) is 57.0 cm³/mol. The van der Waals surface area contributed by atoms with Crippen LogP contribution in [-0.2, 0) is 0 Å². The minimum atomic E-state index is -0.0516. The van der Waals surface area contributed by atoms with Crippen molar-refractivity contribution < 1.29 is 4.74 Å². The second-order valence-electron chi connectivity index (χ2n) is 4.05. The Balaban J connectivity index is 2.58. The molecule has 0 saturated heterocycles. The van der Waals surface area contributed by atoms with Crippen molar-refractivity contribution in [2.45, 2.75) is 13.8 Å². The lowest BCUT2D eigenvalue weighted by molar-refractivity contribution is 0.182. The Morgan fingerprint density at radius 2 is 2.21 bits per heavy atom. The van der Waals surface area contributed by atoms with E-state index in [4.69, 9.17) is 16.2 Å². The molecule has 0 atom stereocenters. The minimum absolute atomic E-state index is 0.0516. The van der Waals surface area contributed by atoms with Gasteiger partial charge in [0.15, 0.2) is 0 Å². The van der Waals surface area contributed by atoms with Gasteiger partial charge in [0.1, 0.15) is 0 Å². The van der Waals surface area contributed by atoms with Gasteiger partial charge >= 0.3 is 0 Å². The highest BCUT2D eigenvalue weighted by Crippen LogP contribution is 2.20. The summed E-state index contributed by atoms with van der Waals surface area (Å²) in [5.41, 5.74) is 11.8. The average molecular weight is 195 g/mol. The second kappa shape index (κ2) is 4.28. The maximum absolute atomic E-state index is 5.67. The van der Waals surface area contributed by atoms with E-state index in [1.54, 1.807) is 18.3 Å². The third-order valence-corrected chi connectivity index (χ3v) is 1.95. The molecule has 0 saturated carbocycles. The number of nitrogens with two attached hydrogens (primary N) is 2. The Labute approximate surface area is 84.3 Å². The summed E-state index contributed by atoms with van der Waals surface area (Å²) in [4.78, 5) is 4.03. The lowest BCUT2D eigenvalue weighted by Crippen LogP contribution is -2.30. The van der Waals surface area contributed by atoms with Gasteiger partial charge in [-0.05, 0) is 12.1 Å². The van der Waals surface area contributed by atoms with Crippen molar-refractivity contribution in [2.24, 2.45) is 11.1 Å². The Kier molecular flexibility index (Phi) is 3.30. The zero-order valence-corrected chi connectivity index (χ0v) is 8.66. The zero-order chi connectivity index (χ0) is 10.6. The van der Waals surface area contributed by atoms with Crippen molar-refractivity contribution in [1.82, 2.24) is 4.98 Å². The van der Waals surface area contributed by atoms with Gasteiger partial charge in [-0.2, -0.15) is 0 Å². The molecule has 0 aliphatic carbocycles. The molecule has 0 aliphatic heterocycles. The van der Waals surface area contributed by atoms with Crippen LogP contribution in [0, 0.1) is 5.41 Å². The molecule has 0 radical (unpaired) electrons. The molecule has 1 aromatic heterocycles. The van der Waals surface area contributed by atoms with Crippen LogP contribution in [0.15, 0.2) is 18.3 Å². The third kappa shape index (κ3) is 2.88. The van der Waals surface area contributed by atoms with Crippen LogP contribution in [-0.4, -0.2) is 18.1 Å². The van der Waals surface area contributed by atoms with Gasteiger partial charge in [-0.3, -0.25) is 0 Å². The van der Waals surface area contributed by atoms with Crippen LogP contribution >= 0.6 is 0 Å². The smallest absolute Gasteiger partial charge is 0.237 e. The monoisotopic (exact) mass is 195 g/mol. The molecule has 0 fully saturated rings. The average Bonchev–Trinajstić information content (AvgIpc) is 2.17. The minimum Gasteiger partial charge on any atom is -0.476 e. The fourth-order valence-electron chi connectivity index (χ4n) is 0.847.